The van der Waals surface area contributed by atoms with Crippen LogP contribution in [-0.2, 0) is 20.5 Å². The number of ether oxygens (including phenoxy) is 1. The third-order valence-corrected chi connectivity index (χ3v) is 4.10. The van der Waals surface area contributed by atoms with Crippen LogP contribution in [0.3, 0.4) is 0 Å². The van der Waals surface area contributed by atoms with Crippen molar-refractivity contribution in [3.05, 3.63) is 29.8 Å². The van der Waals surface area contributed by atoms with Gasteiger partial charge < -0.3 is 15.9 Å². The van der Waals surface area contributed by atoms with Crippen LogP contribution in [0.1, 0.15) is 38.2 Å². The van der Waals surface area contributed by atoms with Crippen molar-refractivity contribution in [2.75, 3.05) is 13.1 Å². The first kappa shape index (κ1) is 20.8. The Morgan fingerprint density at radius 1 is 1.20 bits per heavy atom. The first-order valence-electron chi connectivity index (χ1n) is 7.89. The van der Waals surface area contributed by atoms with Gasteiger partial charge in [0.1, 0.15) is 5.75 Å². The zero-order valence-corrected chi connectivity index (χ0v) is 15.0. The van der Waals surface area contributed by atoms with Crippen molar-refractivity contribution >= 4 is 28.5 Å². The summed E-state index contributed by atoms with van der Waals surface area (Å²) in [7, 11) is -2.93. The normalized spacial score (nSPS) is 10.8. The van der Waals surface area contributed by atoms with Gasteiger partial charge >= 0.3 is 5.97 Å². The molecule has 0 unspecified atom stereocenters. The van der Waals surface area contributed by atoms with E-state index in [1.54, 1.807) is 24.3 Å². The van der Waals surface area contributed by atoms with Gasteiger partial charge in [0.15, 0.2) is 0 Å². The molecular weight excluding hydrogens is 346 g/mol. The highest BCUT2D eigenvalue weighted by molar-refractivity contribution is 7.69. The Balaban J connectivity index is 2.46. The molecule has 0 aromatic heterocycles. The van der Waals surface area contributed by atoms with E-state index in [2.05, 4.69) is 0 Å². The second-order valence-electron chi connectivity index (χ2n) is 5.42. The molecule has 9 heteroatoms. The molecule has 0 aliphatic rings. The molecule has 0 saturated carbocycles. The second kappa shape index (κ2) is 10.6. The second-order valence-corrected chi connectivity index (χ2v) is 6.46. The van der Waals surface area contributed by atoms with Crippen molar-refractivity contribution in [2.45, 2.75) is 32.6 Å². The maximum atomic E-state index is 11.8. The molecular formula is C16H23N3O5S. The average Bonchev–Trinajstić information content (AvgIpc) is 2.54. The van der Waals surface area contributed by atoms with Crippen LogP contribution >= 0.6 is 0 Å². The van der Waals surface area contributed by atoms with Crippen LogP contribution in [0.2, 0.25) is 0 Å². The molecule has 0 spiro atoms. The molecule has 3 N–H and O–H groups in total. The number of amides is 1. The van der Waals surface area contributed by atoms with E-state index in [4.69, 9.17) is 15.9 Å². The van der Waals surface area contributed by atoms with Gasteiger partial charge in [-0.15, -0.1) is 0 Å². The molecule has 1 rings (SSSR count). The molecule has 0 atom stereocenters. The van der Waals surface area contributed by atoms with Crippen molar-refractivity contribution in [3.8, 4) is 5.75 Å². The van der Waals surface area contributed by atoms with E-state index in [0.29, 0.717) is 17.9 Å². The Morgan fingerprint density at radius 2 is 1.84 bits per heavy atom. The van der Waals surface area contributed by atoms with Crippen molar-refractivity contribution < 1.29 is 22.7 Å². The molecule has 0 bridgehead atoms. The lowest BCUT2D eigenvalue weighted by molar-refractivity contribution is -0.134. The van der Waals surface area contributed by atoms with Crippen LogP contribution < -0.4 is 10.5 Å². The summed E-state index contributed by atoms with van der Waals surface area (Å²) in [6, 6.07) is 6.67. The zero-order chi connectivity index (χ0) is 18.8. The molecule has 1 aromatic carbocycles. The Morgan fingerprint density at radius 3 is 2.36 bits per heavy atom. The van der Waals surface area contributed by atoms with Gasteiger partial charge in [0.05, 0.1) is 6.54 Å². The largest absolute Gasteiger partial charge is 0.427 e. The molecule has 0 radical (unpaired) electrons. The van der Waals surface area contributed by atoms with E-state index in [0.717, 1.165) is 16.3 Å². The van der Waals surface area contributed by atoms with Gasteiger partial charge in [0.25, 0.3) is 0 Å². The van der Waals surface area contributed by atoms with Crippen LogP contribution in [0.15, 0.2) is 24.3 Å². The van der Waals surface area contributed by atoms with Gasteiger partial charge in [0.2, 0.25) is 16.8 Å². The van der Waals surface area contributed by atoms with Crippen LogP contribution in [0, 0.1) is 5.41 Å². The number of benzene rings is 1. The zero-order valence-electron chi connectivity index (χ0n) is 14.1. The molecule has 138 valence electrons. The van der Waals surface area contributed by atoms with E-state index >= 15 is 0 Å². The quantitative estimate of drug-likeness (QED) is 0.230. The first-order valence-corrected chi connectivity index (χ1v) is 9.02. The SMILES string of the molecule is CCCC(=N)c1ccc(OC(=O)CCCN(CC(N)=O)[SH](=O)=O)cc1. The minimum absolute atomic E-state index is 0.00579. The summed E-state index contributed by atoms with van der Waals surface area (Å²) in [5, 5.41) is 7.86. The Hall–Kier alpha value is -2.26. The molecule has 0 aliphatic carbocycles. The number of thiol groups is 1. The summed E-state index contributed by atoms with van der Waals surface area (Å²) in [6.07, 6.45) is 1.79. The molecule has 0 saturated heterocycles. The third kappa shape index (κ3) is 7.90. The van der Waals surface area contributed by atoms with Crippen molar-refractivity contribution in [1.82, 2.24) is 4.31 Å². The van der Waals surface area contributed by atoms with Gasteiger partial charge in [-0.1, -0.05) is 13.3 Å². The number of hydrogen-bond donors (Lipinski definition) is 3. The number of primary amides is 1. The smallest absolute Gasteiger partial charge is 0.311 e. The summed E-state index contributed by atoms with van der Waals surface area (Å²) in [5.74, 6) is -0.894. The number of hydrogen-bond acceptors (Lipinski definition) is 6. The Labute approximate surface area is 148 Å². The fraction of sp³-hybridized carbons (Fsp3) is 0.438. The Bertz CT molecular complexity index is 678. The fourth-order valence-electron chi connectivity index (χ4n) is 2.11. The predicted molar refractivity (Wildman–Crippen MR) is 94.1 cm³/mol. The van der Waals surface area contributed by atoms with Crippen LogP contribution in [0.25, 0.3) is 0 Å². The number of nitrogens with zero attached hydrogens (tertiary/aromatic N) is 1. The molecule has 25 heavy (non-hydrogen) atoms. The third-order valence-electron chi connectivity index (χ3n) is 3.30. The lowest BCUT2D eigenvalue weighted by atomic mass is 10.1. The van der Waals surface area contributed by atoms with Gasteiger partial charge in [-0.05, 0) is 42.7 Å². The topological polar surface area (TPSA) is 131 Å². The summed E-state index contributed by atoms with van der Waals surface area (Å²) < 4.78 is 28.0. The van der Waals surface area contributed by atoms with Crippen LogP contribution in [0.5, 0.6) is 5.75 Å². The summed E-state index contributed by atoms with van der Waals surface area (Å²) in [5.41, 5.74) is 6.27. The van der Waals surface area contributed by atoms with Crippen molar-refractivity contribution in [1.29, 1.82) is 5.41 Å². The van der Waals surface area contributed by atoms with Crippen LogP contribution in [0.4, 0.5) is 0 Å². The van der Waals surface area contributed by atoms with Crippen molar-refractivity contribution in [2.24, 2.45) is 5.73 Å². The minimum atomic E-state index is -2.93. The number of carbonyl (C=O) groups excluding carboxylic acids is 2. The predicted octanol–water partition coefficient (Wildman–Crippen LogP) is 0.854. The number of nitrogens with one attached hydrogen (secondary N) is 1. The van der Waals surface area contributed by atoms with E-state index in [-0.39, 0.29) is 19.4 Å². The van der Waals surface area contributed by atoms with Gasteiger partial charge in [0, 0.05) is 18.7 Å². The highest BCUT2D eigenvalue weighted by Crippen LogP contribution is 2.15. The lowest BCUT2D eigenvalue weighted by Gasteiger charge is -2.12. The van der Waals surface area contributed by atoms with E-state index in [1.807, 2.05) is 6.92 Å². The average molecular weight is 369 g/mol. The number of carbonyl (C=O) groups is 2. The summed E-state index contributed by atoms with van der Waals surface area (Å²) >= 11 is 0. The van der Waals surface area contributed by atoms with Gasteiger partial charge in [-0.2, -0.15) is 4.31 Å². The molecule has 1 amide bonds. The minimum Gasteiger partial charge on any atom is -0.427 e. The number of nitrogens with two attached hydrogens (primary N) is 1. The summed E-state index contributed by atoms with van der Waals surface area (Å²) in [6.45, 7) is 1.61. The standard InChI is InChI=1S/C16H23N3O5S/c1-2-4-14(17)12-6-8-13(9-7-12)24-16(21)5-3-10-19(25(22)23)11-15(18)20/h6-9,17,25H,2-5,10-11H2,1H3,(H2,18,20). The number of esters is 1. The lowest BCUT2D eigenvalue weighted by Crippen LogP contribution is -2.33. The van der Waals surface area contributed by atoms with E-state index < -0.39 is 29.3 Å². The Kier molecular flexibility index (Phi) is 8.79. The number of rotatable bonds is 11. The van der Waals surface area contributed by atoms with E-state index in [9.17, 15) is 18.0 Å². The maximum Gasteiger partial charge on any atom is 0.311 e. The fourth-order valence-corrected chi connectivity index (χ4v) is 2.66. The van der Waals surface area contributed by atoms with Gasteiger partial charge in [-0.25, -0.2) is 8.42 Å². The van der Waals surface area contributed by atoms with Crippen molar-refractivity contribution in [3.63, 3.8) is 0 Å². The molecule has 0 fully saturated rings. The molecule has 0 aliphatic heterocycles. The van der Waals surface area contributed by atoms with E-state index in [1.165, 1.54) is 0 Å². The monoisotopic (exact) mass is 369 g/mol. The highest BCUT2D eigenvalue weighted by atomic mass is 32.2. The molecule has 8 nitrogen and oxygen atoms in total. The molecule has 1 aromatic rings. The first-order chi connectivity index (χ1) is 11.8. The summed E-state index contributed by atoms with van der Waals surface area (Å²) in [4.78, 5) is 22.6. The maximum absolute atomic E-state index is 11.8. The van der Waals surface area contributed by atoms with Gasteiger partial charge in [-0.3, -0.25) is 9.59 Å². The molecule has 0 heterocycles. The highest BCUT2D eigenvalue weighted by Gasteiger charge is 2.12. The van der Waals surface area contributed by atoms with Crippen LogP contribution in [-0.4, -0.2) is 43.4 Å².